The highest BCUT2D eigenvalue weighted by Crippen LogP contribution is 2.40. The van der Waals surface area contributed by atoms with Crippen LogP contribution in [0.3, 0.4) is 0 Å². The van der Waals surface area contributed by atoms with E-state index in [4.69, 9.17) is 11.6 Å². The molecule has 2 aromatic rings. The van der Waals surface area contributed by atoms with Crippen molar-refractivity contribution in [3.63, 3.8) is 0 Å². The first kappa shape index (κ1) is 11.2. The molecule has 88 valence electrons. The summed E-state index contributed by atoms with van der Waals surface area (Å²) in [6, 6.07) is 5.10. The van der Waals surface area contributed by atoms with Crippen molar-refractivity contribution >= 4 is 22.9 Å². The van der Waals surface area contributed by atoms with Crippen LogP contribution in [0.4, 0.5) is 4.39 Å². The standard InChI is InChI=1S/C13H11ClFNS/c14-10-3-1-2-9(13(10)15)6-12-16-11(7-17-12)8-4-5-8/h1-3,7-8H,4-6H2. The van der Waals surface area contributed by atoms with Crippen molar-refractivity contribution in [2.24, 2.45) is 0 Å². The normalized spacial score (nSPS) is 15.2. The zero-order valence-electron chi connectivity index (χ0n) is 9.12. The summed E-state index contributed by atoms with van der Waals surface area (Å²) in [5, 5.41) is 3.24. The van der Waals surface area contributed by atoms with Gasteiger partial charge in [0, 0.05) is 17.7 Å². The largest absolute Gasteiger partial charge is 0.246 e. The van der Waals surface area contributed by atoms with Crippen molar-refractivity contribution < 1.29 is 4.39 Å². The first-order valence-electron chi connectivity index (χ1n) is 5.61. The molecule has 0 aliphatic heterocycles. The molecule has 0 atom stereocenters. The van der Waals surface area contributed by atoms with Gasteiger partial charge in [0.15, 0.2) is 0 Å². The lowest BCUT2D eigenvalue weighted by Crippen LogP contribution is -1.93. The Bertz CT molecular complexity index is 548. The molecule has 0 amide bonds. The second-order valence-corrected chi connectivity index (χ2v) is 5.68. The van der Waals surface area contributed by atoms with Gasteiger partial charge in [-0.2, -0.15) is 0 Å². The highest BCUT2D eigenvalue weighted by atomic mass is 35.5. The van der Waals surface area contributed by atoms with Gasteiger partial charge in [-0.25, -0.2) is 9.37 Å². The highest BCUT2D eigenvalue weighted by molar-refractivity contribution is 7.09. The van der Waals surface area contributed by atoms with Crippen LogP contribution in [-0.2, 0) is 6.42 Å². The van der Waals surface area contributed by atoms with Gasteiger partial charge in [0.05, 0.1) is 15.7 Å². The molecule has 17 heavy (non-hydrogen) atoms. The van der Waals surface area contributed by atoms with Crippen LogP contribution in [0.1, 0.15) is 35.0 Å². The summed E-state index contributed by atoms with van der Waals surface area (Å²) >= 11 is 7.36. The van der Waals surface area contributed by atoms with Gasteiger partial charge in [0.1, 0.15) is 5.82 Å². The zero-order chi connectivity index (χ0) is 11.8. The minimum atomic E-state index is -0.322. The van der Waals surface area contributed by atoms with E-state index >= 15 is 0 Å². The van der Waals surface area contributed by atoms with Crippen molar-refractivity contribution in [3.8, 4) is 0 Å². The summed E-state index contributed by atoms with van der Waals surface area (Å²) in [7, 11) is 0. The molecule has 1 aromatic heterocycles. The number of halogens is 2. The van der Waals surface area contributed by atoms with E-state index in [2.05, 4.69) is 10.4 Å². The molecule has 1 fully saturated rings. The van der Waals surface area contributed by atoms with Gasteiger partial charge < -0.3 is 0 Å². The van der Waals surface area contributed by atoms with Crippen molar-refractivity contribution in [1.29, 1.82) is 0 Å². The Morgan fingerprint density at radius 1 is 1.41 bits per heavy atom. The highest BCUT2D eigenvalue weighted by Gasteiger charge is 2.26. The number of hydrogen-bond acceptors (Lipinski definition) is 2. The maximum atomic E-state index is 13.7. The summed E-state index contributed by atoms with van der Waals surface area (Å²) in [5.74, 6) is 0.335. The Kier molecular flexibility index (Phi) is 2.89. The van der Waals surface area contributed by atoms with E-state index in [-0.39, 0.29) is 10.8 Å². The molecule has 3 rings (SSSR count). The van der Waals surface area contributed by atoms with Gasteiger partial charge in [0.25, 0.3) is 0 Å². The third-order valence-electron chi connectivity index (χ3n) is 2.94. The second kappa shape index (κ2) is 4.39. The number of aromatic nitrogens is 1. The van der Waals surface area contributed by atoms with Gasteiger partial charge in [-0.3, -0.25) is 0 Å². The van der Waals surface area contributed by atoms with Crippen LogP contribution >= 0.6 is 22.9 Å². The van der Waals surface area contributed by atoms with Crippen LogP contribution in [-0.4, -0.2) is 4.98 Å². The molecule has 0 radical (unpaired) electrons. The third-order valence-corrected chi connectivity index (χ3v) is 4.10. The minimum absolute atomic E-state index is 0.182. The van der Waals surface area contributed by atoms with Crippen molar-refractivity contribution in [2.75, 3.05) is 0 Å². The number of hydrogen-bond donors (Lipinski definition) is 0. The van der Waals surface area contributed by atoms with E-state index < -0.39 is 0 Å². The van der Waals surface area contributed by atoms with E-state index in [0.717, 1.165) is 5.01 Å². The predicted molar refractivity (Wildman–Crippen MR) is 68.3 cm³/mol. The van der Waals surface area contributed by atoms with Crippen LogP contribution in [0.25, 0.3) is 0 Å². The Balaban J connectivity index is 1.83. The Hall–Kier alpha value is -0.930. The zero-order valence-corrected chi connectivity index (χ0v) is 10.7. The van der Waals surface area contributed by atoms with Crippen LogP contribution < -0.4 is 0 Å². The first-order valence-corrected chi connectivity index (χ1v) is 6.87. The average Bonchev–Trinajstić information content (AvgIpc) is 3.06. The van der Waals surface area contributed by atoms with E-state index in [0.29, 0.717) is 17.9 Å². The summed E-state index contributed by atoms with van der Waals surface area (Å²) < 4.78 is 13.7. The number of thiazole rings is 1. The fraction of sp³-hybridized carbons (Fsp3) is 0.308. The maximum absolute atomic E-state index is 13.7. The molecule has 0 saturated heterocycles. The van der Waals surface area contributed by atoms with Gasteiger partial charge in [-0.15, -0.1) is 11.3 Å². The molecule has 4 heteroatoms. The molecule has 1 saturated carbocycles. The molecule has 0 spiro atoms. The SMILES string of the molecule is Fc1c(Cl)cccc1Cc1nc(C2CC2)cs1. The minimum Gasteiger partial charge on any atom is -0.246 e. The van der Waals surface area contributed by atoms with Crippen molar-refractivity contribution in [3.05, 3.63) is 50.7 Å². The number of benzene rings is 1. The smallest absolute Gasteiger partial charge is 0.145 e. The van der Waals surface area contributed by atoms with Crippen LogP contribution in [0.2, 0.25) is 5.02 Å². The number of rotatable bonds is 3. The van der Waals surface area contributed by atoms with Gasteiger partial charge in [-0.05, 0) is 24.5 Å². The molecule has 1 aliphatic rings. The van der Waals surface area contributed by atoms with Crippen LogP contribution in [0.15, 0.2) is 23.6 Å². The van der Waals surface area contributed by atoms with Crippen molar-refractivity contribution in [1.82, 2.24) is 4.98 Å². The van der Waals surface area contributed by atoms with Gasteiger partial charge in [0.2, 0.25) is 0 Å². The lowest BCUT2D eigenvalue weighted by Gasteiger charge is -2.01. The van der Waals surface area contributed by atoms with E-state index in [9.17, 15) is 4.39 Å². The fourth-order valence-corrected chi connectivity index (χ4v) is 2.91. The van der Waals surface area contributed by atoms with Gasteiger partial charge >= 0.3 is 0 Å². The van der Waals surface area contributed by atoms with E-state index in [1.807, 2.05) is 0 Å². The fourth-order valence-electron chi connectivity index (χ4n) is 1.82. The Morgan fingerprint density at radius 2 is 2.24 bits per heavy atom. The Labute approximate surface area is 108 Å². The summed E-state index contributed by atoms with van der Waals surface area (Å²) in [6.45, 7) is 0. The number of nitrogens with zero attached hydrogens (tertiary/aromatic N) is 1. The second-order valence-electron chi connectivity index (χ2n) is 4.33. The van der Waals surface area contributed by atoms with Crippen LogP contribution in [0, 0.1) is 5.82 Å². The molecule has 1 aromatic carbocycles. The molecule has 0 unspecified atom stereocenters. The molecular formula is C13H11ClFNS. The molecule has 0 bridgehead atoms. The molecule has 1 aliphatic carbocycles. The van der Waals surface area contributed by atoms with E-state index in [1.54, 1.807) is 29.5 Å². The predicted octanol–water partition coefficient (Wildman–Crippen LogP) is 4.40. The lowest BCUT2D eigenvalue weighted by atomic mass is 10.1. The quantitative estimate of drug-likeness (QED) is 0.803. The Morgan fingerprint density at radius 3 is 3.00 bits per heavy atom. The summed E-state index contributed by atoms with van der Waals surface area (Å²) in [4.78, 5) is 4.55. The maximum Gasteiger partial charge on any atom is 0.145 e. The van der Waals surface area contributed by atoms with E-state index in [1.165, 1.54) is 18.5 Å². The third kappa shape index (κ3) is 2.35. The molecule has 1 nitrogen and oxygen atoms in total. The van der Waals surface area contributed by atoms with Crippen LogP contribution in [0.5, 0.6) is 0 Å². The van der Waals surface area contributed by atoms with Crippen molar-refractivity contribution in [2.45, 2.75) is 25.2 Å². The summed E-state index contributed by atoms with van der Waals surface area (Å²) in [5.41, 5.74) is 1.79. The average molecular weight is 268 g/mol. The molecule has 1 heterocycles. The first-order chi connectivity index (χ1) is 8.24. The molecule has 0 N–H and O–H groups in total. The lowest BCUT2D eigenvalue weighted by molar-refractivity contribution is 0.614. The monoisotopic (exact) mass is 267 g/mol. The topological polar surface area (TPSA) is 12.9 Å². The molecular weight excluding hydrogens is 257 g/mol. The van der Waals surface area contributed by atoms with Gasteiger partial charge in [-0.1, -0.05) is 23.7 Å². The summed E-state index contributed by atoms with van der Waals surface area (Å²) in [6.07, 6.45) is 3.02.